The normalized spacial score (nSPS) is 10.9. The SMILES string of the molecule is COc1cc(/C=C(/C#N)C(=O)NCc2ccccc2)cc(Br)c1OCc1ccc(Br)cc1. The topological polar surface area (TPSA) is 71.3 Å². The van der Waals surface area contributed by atoms with E-state index in [2.05, 4.69) is 37.2 Å². The lowest BCUT2D eigenvalue weighted by Gasteiger charge is -2.14. The highest BCUT2D eigenvalue weighted by Crippen LogP contribution is 2.37. The van der Waals surface area contributed by atoms with Crippen LogP contribution >= 0.6 is 31.9 Å². The summed E-state index contributed by atoms with van der Waals surface area (Å²) in [5.74, 6) is 0.589. The maximum atomic E-state index is 12.5. The van der Waals surface area contributed by atoms with Gasteiger partial charge in [0.1, 0.15) is 18.2 Å². The molecule has 0 bridgehead atoms. The minimum absolute atomic E-state index is 0.00147. The van der Waals surface area contributed by atoms with Crippen molar-refractivity contribution in [3.05, 3.63) is 97.9 Å². The number of nitrogens with one attached hydrogen (secondary N) is 1. The van der Waals surface area contributed by atoms with Crippen molar-refractivity contribution in [2.24, 2.45) is 0 Å². The van der Waals surface area contributed by atoms with Gasteiger partial charge in [-0.15, -0.1) is 0 Å². The van der Waals surface area contributed by atoms with Gasteiger partial charge in [0, 0.05) is 11.0 Å². The van der Waals surface area contributed by atoms with E-state index in [1.807, 2.05) is 60.7 Å². The van der Waals surface area contributed by atoms with Gasteiger partial charge in [-0.25, -0.2) is 0 Å². The number of carbonyl (C=O) groups excluding carboxylic acids is 1. The van der Waals surface area contributed by atoms with Crippen molar-refractivity contribution in [1.82, 2.24) is 5.32 Å². The molecule has 162 valence electrons. The summed E-state index contributed by atoms with van der Waals surface area (Å²) in [6, 6.07) is 22.8. The van der Waals surface area contributed by atoms with Gasteiger partial charge in [0.25, 0.3) is 5.91 Å². The molecule has 3 aromatic carbocycles. The molecule has 7 heteroatoms. The Morgan fingerprint density at radius 2 is 1.78 bits per heavy atom. The highest BCUT2D eigenvalue weighted by atomic mass is 79.9. The second-order valence-corrected chi connectivity index (χ2v) is 8.56. The molecule has 1 amide bonds. The standard InChI is InChI=1S/C25H20Br2N2O3/c1-31-23-13-19(11-20(14-28)25(30)29-15-17-5-3-2-4-6-17)12-22(27)24(23)32-16-18-7-9-21(26)10-8-18/h2-13H,15-16H2,1H3,(H,29,30)/b20-11-. The molecule has 32 heavy (non-hydrogen) atoms. The molecule has 0 fully saturated rings. The third kappa shape index (κ3) is 6.46. The Balaban J connectivity index is 1.75. The minimum atomic E-state index is -0.443. The van der Waals surface area contributed by atoms with Crippen LogP contribution in [0.2, 0.25) is 0 Å². The van der Waals surface area contributed by atoms with Crippen LogP contribution in [0.3, 0.4) is 0 Å². The summed E-state index contributed by atoms with van der Waals surface area (Å²) in [5, 5.41) is 12.3. The molecule has 0 saturated carbocycles. The molecule has 0 atom stereocenters. The Kier molecular flexibility index (Phi) is 8.48. The quantitative estimate of drug-likeness (QED) is 0.272. The Hall–Kier alpha value is -3.08. The molecule has 0 radical (unpaired) electrons. The zero-order valence-corrected chi connectivity index (χ0v) is 20.4. The third-order valence-corrected chi connectivity index (χ3v) is 5.64. The maximum absolute atomic E-state index is 12.5. The van der Waals surface area contributed by atoms with Crippen LogP contribution in [0.1, 0.15) is 16.7 Å². The Morgan fingerprint density at radius 3 is 2.44 bits per heavy atom. The fourth-order valence-electron chi connectivity index (χ4n) is 2.89. The van der Waals surface area contributed by atoms with Gasteiger partial charge in [0.2, 0.25) is 0 Å². The summed E-state index contributed by atoms with van der Waals surface area (Å²) in [6.07, 6.45) is 1.52. The summed E-state index contributed by atoms with van der Waals surface area (Å²) in [6.45, 7) is 0.706. The van der Waals surface area contributed by atoms with Crippen LogP contribution in [0.25, 0.3) is 6.08 Å². The molecular weight excluding hydrogens is 536 g/mol. The second-order valence-electron chi connectivity index (χ2n) is 6.79. The number of carbonyl (C=O) groups is 1. The number of amides is 1. The molecule has 0 aliphatic rings. The average molecular weight is 556 g/mol. The zero-order chi connectivity index (χ0) is 22.9. The van der Waals surface area contributed by atoms with Crippen molar-refractivity contribution in [2.75, 3.05) is 7.11 Å². The van der Waals surface area contributed by atoms with Crippen LogP contribution in [-0.2, 0) is 17.9 Å². The fourth-order valence-corrected chi connectivity index (χ4v) is 3.73. The number of methoxy groups -OCH3 is 1. The molecule has 3 rings (SSSR count). The lowest BCUT2D eigenvalue weighted by molar-refractivity contribution is -0.117. The molecule has 0 saturated heterocycles. The van der Waals surface area contributed by atoms with Crippen LogP contribution in [-0.4, -0.2) is 13.0 Å². The molecule has 0 aliphatic carbocycles. The van der Waals surface area contributed by atoms with Crippen LogP contribution < -0.4 is 14.8 Å². The van der Waals surface area contributed by atoms with Crippen molar-refractivity contribution in [3.63, 3.8) is 0 Å². The number of benzene rings is 3. The first-order valence-electron chi connectivity index (χ1n) is 9.69. The van der Waals surface area contributed by atoms with Crippen LogP contribution in [0.15, 0.2) is 81.2 Å². The van der Waals surface area contributed by atoms with Gasteiger partial charge < -0.3 is 14.8 Å². The summed E-state index contributed by atoms with van der Waals surface area (Å²) < 4.78 is 13.1. The maximum Gasteiger partial charge on any atom is 0.262 e. The predicted molar refractivity (Wildman–Crippen MR) is 131 cm³/mol. The first-order valence-corrected chi connectivity index (χ1v) is 11.3. The number of nitriles is 1. The van der Waals surface area contributed by atoms with E-state index < -0.39 is 5.91 Å². The highest BCUT2D eigenvalue weighted by Gasteiger charge is 2.14. The van der Waals surface area contributed by atoms with E-state index >= 15 is 0 Å². The summed E-state index contributed by atoms with van der Waals surface area (Å²) >= 11 is 6.92. The fraction of sp³-hybridized carbons (Fsp3) is 0.120. The van der Waals surface area contributed by atoms with Crippen molar-refractivity contribution in [3.8, 4) is 17.6 Å². The summed E-state index contributed by atoms with van der Waals surface area (Å²) in [7, 11) is 1.54. The molecule has 0 spiro atoms. The first-order chi connectivity index (χ1) is 15.5. The molecule has 3 aromatic rings. The van der Waals surface area contributed by atoms with E-state index in [1.165, 1.54) is 6.08 Å². The molecule has 0 aromatic heterocycles. The lowest BCUT2D eigenvalue weighted by Crippen LogP contribution is -2.23. The van der Waals surface area contributed by atoms with E-state index in [0.717, 1.165) is 15.6 Å². The molecule has 1 N–H and O–H groups in total. The van der Waals surface area contributed by atoms with E-state index in [4.69, 9.17) is 9.47 Å². The molecular formula is C25H20Br2N2O3. The average Bonchev–Trinajstić information content (AvgIpc) is 2.81. The van der Waals surface area contributed by atoms with Gasteiger partial charge in [-0.1, -0.05) is 58.4 Å². The number of rotatable bonds is 8. The van der Waals surface area contributed by atoms with Crippen molar-refractivity contribution in [2.45, 2.75) is 13.2 Å². The monoisotopic (exact) mass is 554 g/mol. The van der Waals surface area contributed by atoms with Gasteiger partial charge in [-0.2, -0.15) is 5.26 Å². The zero-order valence-electron chi connectivity index (χ0n) is 17.3. The first kappa shape index (κ1) is 23.6. The number of hydrogen-bond donors (Lipinski definition) is 1. The van der Waals surface area contributed by atoms with Gasteiger partial charge in [-0.05, 0) is 63.0 Å². The predicted octanol–water partition coefficient (Wildman–Crippen LogP) is 6.02. The van der Waals surface area contributed by atoms with Crippen molar-refractivity contribution < 1.29 is 14.3 Å². The molecule has 0 heterocycles. The molecule has 5 nitrogen and oxygen atoms in total. The smallest absolute Gasteiger partial charge is 0.262 e. The van der Waals surface area contributed by atoms with Gasteiger partial charge in [0.15, 0.2) is 11.5 Å². The van der Waals surface area contributed by atoms with Crippen molar-refractivity contribution >= 4 is 43.8 Å². The number of hydrogen-bond acceptors (Lipinski definition) is 4. The Bertz CT molecular complexity index is 1150. The summed E-state index contributed by atoms with van der Waals surface area (Å²) in [4.78, 5) is 12.5. The number of ether oxygens (including phenoxy) is 2. The number of halogens is 2. The third-order valence-electron chi connectivity index (χ3n) is 4.52. The van der Waals surface area contributed by atoms with E-state index in [0.29, 0.717) is 34.7 Å². The van der Waals surface area contributed by atoms with Gasteiger partial charge >= 0.3 is 0 Å². The lowest BCUT2D eigenvalue weighted by atomic mass is 10.1. The molecule has 0 aliphatic heterocycles. The summed E-state index contributed by atoms with van der Waals surface area (Å²) in [5.41, 5.74) is 2.59. The highest BCUT2D eigenvalue weighted by molar-refractivity contribution is 9.10. The van der Waals surface area contributed by atoms with Crippen LogP contribution in [0, 0.1) is 11.3 Å². The Labute approximate surface area is 203 Å². The van der Waals surface area contributed by atoms with Crippen LogP contribution in [0.4, 0.5) is 0 Å². The number of nitrogens with zero attached hydrogens (tertiary/aromatic N) is 1. The van der Waals surface area contributed by atoms with Gasteiger partial charge in [-0.3, -0.25) is 4.79 Å². The van der Waals surface area contributed by atoms with E-state index in [-0.39, 0.29) is 5.57 Å². The largest absolute Gasteiger partial charge is 0.493 e. The van der Waals surface area contributed by atoms with Crippen molar-refractivity contribution in [1.29, 1.82) is 5.26 Å². The Morgan fingerprint density at radius 1 is 1.06 bits per heavy atom. The molecule has 0 unspecified atom stereocenters. The van der Waals surface area contributed by atoms with E-state index in [1.54, 1.807) is 19.2 Å². The second kappa shape index (κ2) is 11.5. The van der Waals surface area contributed by atoms with E-state index in [9.17, 15) is 10.1 Å². The van der Waals surface area contributed by atoms with Crippen LogP contribution in [0.5, 0.6) is 11.5 Å². The van der Waals surface area contributed by atoms with Gasteiger partial charge in [0.05, 0.1) is 11.6 Å². The minimum Gasteiger partial charge on any atom is -0.493 e.